The normalized spacial score (nSPS) is 8.25. The van der Waals surface area contributed by atoms with E-state index in [0.717, 1.165) is 0 Å². The molecule has 0 aliphatic rings. The first-order valence-electron chi connectivity index (χ1n) is 3.43. The number of carbonyl (C=O) groups is 1. The highest BCUT2D eigenvalue weighted by atomic mass is 16.5. The van der Waals surface area contributed by atoms with E-state index in [0.29, 0.717) is 13.2 Å². The average molecular weight is 176 g/mol. The summed E-state index contributed by atoms with van der Waals surface area (Å²) in [5.74, 6) is -0.935. The van der Waals surface area contributed by atoms with E-state index >= 15 is 0 Å². The van der Waals surface area contributed by atoms with Crippen LogP contribution in [-0.2, 0) is 14.3 Å². The smallest absolute Gasteiger partial charge is 0.330 e. The van der Waals surface area contributed by atoms with Gasteiger partial charge in [0, 0.05) is 19.8 Å². The molecule has 0 unspecified atom stereocenters. The van der Waals surface area contributed by atoms with Crippen molar-refractivity contribution >= 4 is 5.97 Å². The van der Waals surface area contributed by atoms with E-state index in [1.807, 2.05) is 0 Å². The van der Waals surface area contributed by atoms with E-state index in [4.69, 9.17) is 5.11 Å². The van der Waals surface area contributed by atoms with Crippen LogP contribution in [0.15, 0.2) is 12.2 Å². The van der Waals surface area contributed by atoms with Gasteiger partial charge in [-0.1, -0.05) is 6.58 Å². The molecule has 0 heterocycles. The summed E-state index contributed by atoms with van der Waals surface area (Å²) in [6, 6.07) is 0. The summed E-state index contributed by atoms with van der Waals surface area (Å²) in [7, 11) is 3.30. The van der Waals surface area contributed by atoms with Crippen LogP contribution >= 0.6 is 0 Å². The molecule has 12 heavy (non-hydrogen) atoms. The minimum absolute atomic E-state index is 0.176. The molecule has 0 aromatic rings. The highest BCUT2D eigenvalue weighted by Gasteiger charge is 1.90. The molecule has 1 N–H and O–H groups in total. The van der Waals surface area contributed by atoms with Gasteiger partial charge in [-0.15, -0.1) is 0 Å². The van der Waals surface area contributed by atoms with Crippen molar-refractivity contribution in [3.63, 3.8) is 0 Å². The summed E-state index contributed by atoms with van der Waals surface area (Å²) < 4.78 is 9.31. The Morgan fingerprint density at radius 1 is 1.33 bits per heavy atom. The predicted molar refractivity (Wildman–Crippen MR) is 46.2 cm³/mol. The standard InChI is InChI=1S/C4H10O2.C4H6O2/c1-5-3-4-6-2;1-3(2)4(5)6/h3-4H2,1-2H3;1H2,2H3,(H,5,6). The highest BCUT2D eigenvalue weighted by Crippen LogP contribution is 1.81. The second kappa shape index (κ2) is 10.1. The number of carboxylic acid groups (broad SMARTS) is 1. The van der Waals surface area contributed by atoms with E-state index in [-0.39, 0.29) is 5.57 Å². The van der Waals surface area contributed by atoms with Gasteiger partial charge in [0.25, 0.3) is 0 Å². The lowest BCUT2D eigenvalue weighted by Crippen LogP contribution is -1.96. The molecule has 0 aromatic carbocycles. The quantitative estimate of drug-likeness (QED) is 0.511. The summed E-state index contributed by atoms with van der Waals surface area (Å²) in [6.07, 6.45) is 0. The second-order valence-electron chi connectivity index (χ2n) is 2.07. The van der Waals surface area contributed by atoms with Crippen molar-refractivity contribution in [2.45, 2.75) is 6.92 Å². The Bertz CT molecular complexity index is 115. The Labute approximate surface area is 72.8 Å². The van der Waals surface area contributed by atoms with Crippen molar-refractivity contribution in [1.29, 1.82) is 0 Å². The topological polar surface area (TPSA) is 55.8 Å². The molecule has 0 atom stereocenters. The van der Waals surface area contributed by atoms with Gasteiger partial charge in [0.2, 0.25) is 0 Å². The van der Waals surface area contributed by atoms with Crippen molar-refractivity contribution in [3.05, 3.63) is 12.2 Å². The number of rotatable bonds is 4. The van der Waals surface area contributed by atoms with Gasteiger partial charge in [0.1, 0.15) is 0 Å². The van der Waals surface area contributed by atoms with Crippen molar-refractivity contribution in [2.24, 2.45) is 0 Å². The van der Waals surface area contributed by atoms with Crippen molar-refractivity contribution in [1.82, 2.24) is 0 Å². The Morgan fingerprint density at radius 3 is 1.67 bits per heavy atom. The van der Waals surface area contributed by atoms with Gasteiger partial charge in [0.15, 0.2) is 0 Å². The minimum Gasteiger partial charge on any atom is -0.478 e. The van der Waals surface area contributed by atoms with Crippen LogP contribution in [0.4, 0.5) is 0 Å². The molecule has 0 saturated carbocycles. The van der Waals surface area contributed by atoms with Gasteiger partial charge in [-0.25, -0.2) is 4.79 Å². The monoisotopic (exact) mass is 176 g/mol. The van der Waals surface area contributed by atoms with Gasteiger partial charge in [-0.3, -0.25) is 0 Å². The number of hydrogen-bond acceptors (Lipinski definition) is 3. The molecule has 0 aliphatic carbocycles. The summed E-state index contributed by atoms with van der Waals surface area (Å²) in [4.78, 5) is 9.60. The van der Waals surface area contributed by atoms with Gasteiger partial charge in [-0.2, -0.15) is 0 Å². The average Bonchev–Trinajstić information content (AvgIpc) is 2.02. The van der Waals surface area contributed by atoms with E-state index < -0.39 is 5.97 Å². The summed E-state index contributed by atoms with van der Waals surface area (Å²) in [5.41, 5.74) is 0.176. The Morgan fingerprint density at radius 2 is 1.58 bits per heavy atom. The lowest BCUT2D eigenvalue weighted by atomic mass is 10.4. The summed E-state index contributed by atoms with van der Waals surface area (Å²) in [5, 5.41) is 7.89. The number of ether oxygens (including phenoxy) is 2. The lowest BCUT2D eigenvalue weighted by molar-refractivity contribution is -0.132. The Balaban J connectivity index is 0. The SMILES string of the molecule is C=C(C)C(=O)O.COCCOC. The van der Waals surface area contributed by atoms with E-state index in [1.165, 1.54) is 6.92 Å². The van der Waals surface area contributed by atoms with Crippen LogP contribution in [0, 0.1) is 0 Å². The fourth-order valence-corrected chi connectivity index (χ4v) is 0.167. The third-order valence-electron chi connectivity index (χ3n) is 0.857. The van der Waals surface area contributed by atoms with Crippen molar-refractivity contribution in [2.75, 3.05) is 27.4 Å². The maximum absolute atomic E-state index is 9.60. The number of hydrogen-bond donors (Lipinski definition) is 1. The summed E-state index contributed by atoms with van der Waals surface area (Å²) >= 11 is 0. The van der Waals surface area contributed by atoms with Crippen molar-refractivity contribution in [3.8, 4) is 0 Å². The molecule has 0 radical (unpaired) electrons. The molecule has 72 valence electrons. The third kappa shape index (κ3) is 16.1. The van der Waals surface area contributed by atoms with Crippen LogP contribution in [0.2, 0.25) is 0 Å². The van der Waals surface area contributed by atoms with Crippen LogP contribution in [0.1, 0.15) is 6.92 Å². The molecular formula is C8H16O4. The maximum atomic E-state index is 9.60. The van der Waals surface area contributed by atoms with Gasteiger partial charge in [-0.05, 0) is 6.92 Å². The molecule has 0 fully saturated rings. The van der Waals surface area contributed by atoms with E-state index in [2.05, 4.69) is 16.1 Å². The molecule has 0 rings (SSSR count). The molecule has 0 amide bonds. The molecule has 0 bridgehead atoms. The first-order valence-corrected chi connectivity index (χ1v) is 3.43. The highest BCUT2D eigenvalue weighted by molar-refractivity contribution is 5.84. The van der Waals surface area contributed by atoms with Crippen LogP contribution in [-0.4, -0.2) is 38.5 Å². The largest absolute Gasteiger partial charge is 0.478 e. The van der Waals surface area contributed by atoms with Gasteiger partial charge < -0.3 is 14.6 Å². The number of aliphatic carboxylic acids is 1. The molecule has 0 saturated heterocycles. The fourth-order valence-electron chi connectivity index (χ4n) is 0.167. The molecule has 0 aromatic heterocycles. The van der Waals surface area contributed by atoms with Crippen LogP contribution < -0.4 is 0 Å². The van der Waals surface area contributed by atoms with Crippen LogP contribution in [0.25, 0.3) is 0 Å². The first-order chi connectivity index (χ1) is 5.56. The molecule has 4 nitrogen and oxygen atoms in total. The van der Waals surface area contributed by atoms with E-state index in [1.54, 1.807) is 14.2 Å². The minimum atomic E-state index is -0.935. The van der Waals surface area contributed by atoms with Crippen LogP contribution in [0.5, 0.6) is 0 Å². The van der Waals surface area contributed by atoms with E-state index in [9.17, 15) is 4.79 Å². The van der Waals surface area contributed by atoms with Gasteiger partial charge >= 0.3 is 5.97 Å². The predicted octanol–water partition coefficient (Wildman–Crippen LogP) is 0.926. The molecule has 0 spiro atoms. The molecular weight excluding hydrogens is 160 g/mol. The zero-order valence-electron chi connectivity index (χ0n) is 7.79. The lowest BCUT2D eigenvalue weighted by Gasteiger charge is -1.91. The number of methoxy groups -OCH3 is 2. The molecule has 0 aliphatic heterocycles. The second-order valence-corrected chi connectivity index (χ2v) is 2.07. The third-order valence-corrected chi connectivity index (χ3v) is 0.857. The zero-order chi connectivity index (χ0) is 9.98. The van der Waals surface area contributed by atoms with Crippen LogP contribution in [0.3, 0.4) is 0 Å². The van der Waals surface area contributed by atoms with Gasteiger partial charge in [0.05, 0.1) is 13.2 Å². The zero-order valence-corrected chi connectivity index (χ0v) is 7.79. The first kappa shape index (κ1) is 13.7. The van der Waals surface area contributed by atoms with Crippen molar-refractivity contribution < 1.29 is 19.4 Å². The fraction of sp³-hybridized carbons (Fsp3) is 0.625. The number of carboxylic acids is 1. The Kier molecular flexibility index (Phi) is 11.6. The Hall–Kier alpha value is -0.870. The molecule has 4 heteroatoms. The maximum Gasteiger partial charge on any atom is 0.330 e. The summed E-state index contributed by atoms with van der Waals surface area (Å²) in [6.45, 7) is 5.98.